The quantitative estimate of drug-likeness (QED) is 0.751. The van der Waals surface area contributed by atoms with Gasteiger partial charge < -0.3 is 10.2 Å². The van der Waals surface area contributed by atoms with E-state index in [1.54, 1.807) is 0 Å². The highest BCUT2D eigenvalue weighted by Crippen LogP contribution is 2.34. The number of thiophene rings is 1. The number of nitrogens with one attached hydrogen (secondary N) is 1. The second-order valence-corrected chi connectivity index (χ2v) is 6.26. The van der Waals surface area contributed by atoms with Crippen molar-refractivity contribution in [2.45, 2.75) is 39.3 Å². The number of nitrogens with zero attached hydrogens (tertiary/aromatic N) is 1. The number of hydrogen-bond donors (Lipinski definition) is 1. The van der Waals surface area contributed by atoms with Gasteiger partial charge in [-0.2, -0.15) is 0 Å². The highest BCUT2D eigenvalue weighted by Gasteiger charge is 2.29. The maximum absolute atomic E-state index is 3.54. The molecule has 1 N–H and O–H groups in total. The molecule has 1 aromatic heterocycles. The molecule has 0 aromatic carbocycles. The molecule has 3 heteroatoms. The topological polar surface area (TPSA) is 15.3 Å². The first-order chi connectivity index (χ1) is 8.18. The number of hydrogen-bond acceptors (Lipinski definition) is 3. The van der Waals surface area contributed by atoms with Crippen molar-refractivity contribution in [3.8, 4) is 0 Å². The molecule has 0 amide bonds. The molecule has 0 saturated heterocycles. The Balaban J connectivity index is 1.61. The standard InChI is InChI=1S/C14H24N2S/c1-11-6-9-17-14(11)10-15-7-8-16(3)12(2)13-4-5-13/h6,9,12-13,15H,4-5,7-8,10H2,1-3H3. The van der Waals surface area contributed by atoms with E-state index < -0.39 is 0 Å². The molecule has 17 heavy (non-hydrogen) atoms. The summed E-state index contributed by atoms with van der Waals surface area (Å²) in [6.45, 7) is 7.82. The molecule has 1 heterocycles. The van der Waals surface area contributed by atoms with Crippen LogP contribution in [-0.2, 0) is 6.54 Å². The van der Waals surface area contributed by atoms with Gasteiger partial charge in [0.25, 0.3) is 0 Å². The highest BCUT2D eigenvalue weighted by molar-refractivity contribution is 7.10. The fourth-order valence-electron chi connectivity index (χ4n) is 2.18. The van der Waals surface area contributed by atoms with Crippen LogP contribution in [0.15, 0.2) is 11.4 Å². The first-order valence-electron chi connectivity index (χ1n) is 6.62. The first-order valence-corrected chi connectivity index (χ1v) is 7.50. The van der Waals surface area contributed by atoms with Crippen LogP contribution in [0.3, 0.4) is 0 Å². The Morgan fingerprint density at radius 3 is 2.88 bits per heavy atom. The lowest BCUT2D eigenvalue weighted by Crippen LogP contribution is -2.36. The highest BCUT2D eigenvalue weighted by atomic mass is 32.1. The lowest BCUT2D eigenvalue weighted by molar-refractivity contribution is 0.234. The third-order valence-electron chi connectivity index (χ3n) is 3.89. The van der Waals surface area contributed by atoms with Crippen molar-refractivity contribution in [2.24, 2.45) is 5.92 Å². The summed E-state index contributed by atoms with van der Waals surface area (Å²) in [6, 6.07) is 2.96. The van der Waals surface area contributed by atoms with Crippen LogP contribution in [0.2, 0.25) is 0 Å². The van der Waals surface area contributed by atoms with Gasteiger partial charge >= 0.3 is 0 Å². The van der Waals surface area contributed by atoms with E-state index >= 15 is 0 Å². The van der Waals surface area contributed by atoms with Gasteiger partial charge in [0.15, 0.2) is 0 Å². The van der Waals surface area contributed by atoms with Crippen molar-refractivity contribution < 1.29 is 0 Å². The molecule has 0 radical (unpaired) electrons. The minimum Gasteiger partial charge on any atom is -0.311 e. The summed E-state index contributed by atoms with van der Waals surface area (Å²) in [5.41, 5.74) is 1.42. The van der Waals surface area contributed by atoms with E-state index in [2.05, 4.69) is 42.6 Å². The molecule has 1 aliphatic carbocycles. The van der Waals surface area contributed by atoms with Gasteiger partial charge in [-0.1, -0.05) is 0 Å². The minimum atomic E-state index is 0.764. The normalized spacial score (nSPS) is 17.6. The van der Waals surface area contributed by atoms with Gasteiger partial charge in [0, 0.05) is 30.6 Å². The van der Waals surface area contributed by atoms with Crippen LogP contribution in [0.1, 0.15) is 30.2 Å². The van der Waals surface area contributed by atoms with E-state index in [1.165, 1.54) is 23.3 Å². The largest absolute Gasteiger partial charge is 0.311 e. The van der Waals surface area contributed by atoms with Crippen LogP contribution in [0, 0.1) is 12.8 Å². The Labute approximate surface area is 109 Å². The maximum Gasteiger partial charge on any atom is 0.0302 e. The lowest BCUT2D eigenvalue weighted by Gasteiger charge is -2.24. The van der Waals surface area contributed by atoms with Crippen molar-refractivity contribution in [3.05, 3.63) is 21.9 Å². The van der Waals surface area contributed by atoms with Crippen molar-refractivity contribution >= 4 is 11.3 Å². The summed E-state index contributed by atoms with van der Waals surface area (Å²) < 4.78 is 0. The summed E-state index contributed by atoms with van der Waals surface area (Å²) in [7, 11) is 2.25. The fourth-order valence-corrected chi connectivity index (χ4v) is 3.06. The summed E-state index contributed by atoms with van der Waals surface area (Å²) in [5, 5.41) is 5.72. The molecule has 1 unspecified atom stereocenters. The van der Waals surface area contributed by atoms with E-state index in [1.807, 2.05) is 11.3 Å². The van der Waals surface area contributed by atoms with Crippen molar-refractivity contribution in [1.29, 1.82) is 0 Å². The Hall–Kier alpha value is -0.380. The van der Waals surface area contributed by atoms with Gasteiger partial charge in [-0.25, -0.2) is 0 Å². The third-order valence-corrected chi connectivity index (χ3v) is 4.92. The van der Waals surface area contributed by atoms with Crippen LogP contribution < -0.4 is 5.32 Å². The Bertz CT molecular complexity index is 344. The van der Waals surface area contributed by atoms with E-state index in [0.717, 1.165) is 31.6 Å². The van der Waals surface area contributed by atoms with Crippen molar-refractivity contribution in [1.82, 2.24) is 10.2 Å². The molecule has 2 nitrogen and oxygen atoms in total. The third kappa shape index (κ3) is 3.80. The Kier molecular flexibility index (Phi) is 4.60. The Morgan fingerprint density at radius 2 is 2.29 bits per heavy atom. The molecule has 1 atom stereocenters. The van der Waals surface area contributed by atoms with Gasteiger partial charge in [-0.05, 0) is 56.7 Å². The average Bonchev–Trinajstić information content (AvgIpc) is 3.08. The predicted octanol–water partition coefficient (Wildman–Crippen LogP) is 2.88. The maximum atomic E-state index is 3.54. The zero-order chi connectivity index (χ0) is 12.3. The van der Waals surface area contributed by atoms with Gasteiger partial charge in [0.05, 0.1) is 0 Å². The van der Waals surface area contributed by atoms with Crippen LogP contribution in [-0.4, -0.2) is 31.1 Å². The van der Waals surface area contributed by atoms with Crippen LogP contribution in [0.4, 0.5) is 0 Å². The lowest BCUT2D eigenvalue weighted by atomic mass is 10.2. The SMILES string of the molecule is Cc1ccsc1CNCCN(C)C(C)C1CC1. The van der Waals surface area contributed by atoms with Crippen molar-refractivity contribution in [3.63, 3.8) is 0 Å². The molecule has 0 aliphatic heterocycles. The summed E-state index contributed by atoms with van der Waals surface area (Å²) >= 11 is 1.85. The average molecular weight is 252 g/mol. The fraction of sp³-hybridized carbons (Fsp3) is 0.714. The number of rotatable bonds is 7. The first kappa shape index (κ1) is 13.1. The number of likely N-dealkylation sites (N-methyl/N-ethyl adjacent to an activating group) is 1. The second-order valence-electron chi connectivity index (χ2n) is 5.26. The Morgan fingerprint density at radius 1 is 1.53 bits per heavy atom. The number of aryl methyl sites for hydroxylation is 1. The van der Waals surface area contributed by atoms with Gasteiger partial charge in [-0.3, -0.25) is 0 Å². The molecule has 2 rings (SSSR count). The van der Waals surface area contributed by atoms with E-state index in [9.17, 15) is 0 Å². The molecule has 1 saturated carbocycles. The minimum absolute atomic E-state index is 0.764. The summed E-state index contributed by atoms with van der Waals surface area (Å²) in [6.07, 6.45) is 2.88. The second kappa shape index (κ2) is 5.98. The molecular formula is C14H24N2S. The van der Waals surface area contributed by atoms with Crippen molar-refractivity contribution in [2.75, 3.05) is 20.1 Å². The van der Waals surface area contributed by atoms with Crippen LogP contribution in [0.25, 0.3) is 0 Å². The van der Waals surface area contributed by atoms with Gasteiger partial charge in [0.2, 0.25) is 0 Å². The van der Waals surface area contributed by atoms with E-state index in [0.29, 0.717) is 0 Å². The molecular weight excluding hydrogens is 228 g/mol. The molecule has 96 valence electrons. The van der Waals surface area contributed by atoms with Gasteiger partial charge in [0.1, 0.15) is 0 Å². The summed E-state index contributed by atoms with van der Waals surface area (Å²) in [5.74, 6) is 0.972. The smallest absolute Gasteiger partial charge is 0.0302 e. The van der Waals surface area contributed by atoms with Gasteiger partial charge in [-0.15, -0.1) is 11.3 Å². The zero-order valence-electron chi connectivity index (χ0n) is 11.2. The molecule has 0 spiro atoms. The predicted molar refractivity (Wildman–Crippen MR) is 75.6 cm³/mol. The molecule has 1 aromatic rings. The van der Waals surface area contributed by atoms with E-state index in [4.69, 9.17) is 0 Å². The van der Waals surface area contributed by atoms with E-state index in [-0.39, 0.29) is 0 Å². The van der Waals surface area contributed by atoms with Crippen LogP contribution >= 0.6 is 11.3 Å². The zero-order valence-corrected chi connectivity index (χ0v) is 12.0. The molecule has 1 aliphatic rings. The molecule has 1 fully saturated rings. The van der Waals surface area contributed by atoms with Crippen LogP contribution in [0.5, 0.6) is 0 Å². The monoisotopic (exact) mass is 252 g/mol. The summed E-state index contributed by atoms with van der Waals surface area (Å²) in [4.78, 5) is 3.97. The molecule has 0 bridgehead atoms.